The summed E-state index contributed by atoms with van der Waals surface area (Å²) in [4.78, 5) is 0. The molecule has 0 saturated carbocycles. The second kappa shape index (κ2) is 3.52. The molecule has 1 aromatic carbocycles. The fraction of sp³-hybridized carbons (Fsp3) is 0.200. The van der Waals surface area contributed by atoms with Crippen LogP contribution in [0.1, 0.15) is 5.56 Å². The molecule has 0 N–H and O–H groups in total. The maximum absolute atomic E-state index is 6.25. The number of thioether (sulfide) groups is 1. The van der Waals surface area contributed by atoms with Gasteiger partial charge in [-0.25, -0.2) is 0 Å². The molecule has 0 nitrogen and oxygen atoms in total. The van der Waals surface area contributed by atoms with E-state index in [4.69, 9.17) is 11.6 Å². The summed E-state index contributed by atoms with van der Waals surface area (Å²) in [5.74, 6) is 0. The first-order chi connectivity index (χ1) is 6.24. The van der Waals surface area contributed by atoms with E-state index in [-0.39, 0.29) is 0 Å². The Labute approximate surface area is 90.9 Å². The zero-order valence-electron chi connectivity index (χ0n) is 7.43. The van der Waals surface area contributed by atoms with Gasteiger partial charge in [0, 0.05) is 10.1 Å². The van der Waals surface area contributed by atoms with E-state index in [2.05, 4.69) is 31.4 Å². The van der Waals surface area contributed by atoms with Crippen molar-refractivity contribution >= 4 is 44.8 Å². The average molecular weight is 229 g/mol. The van der Waals surface area contributed by atoms with Crippen LogP contribution >= 0.6 is 34.7 Å². The van der Waals surface area contributed by atoms with Gasteiger partial charge in [-0.3, -0.25) is 0 Å². The van der Waals surface area contributed by atoms with Gasteiger partial charge in [0.05, 0.1) is 9.23 Å². The monoisotopic (exact) mass is 228 g/mol. The number of hydrogen-bond donors (Lipinski definition) is 0. The van der Waals surface area contributed by atoms with E-state index < -0.39 is 0 Å². The highest BCUT2D eigenvalue weighted by atomic mass is 35.5. The van der Waals surface area contributed by atoms with Gasteiger partial charge >= 0.3 is 0 Å². The molecule has 2 aromatic rings. The molecule has 3 heteroatoms. The van der Waals surface area contributed by atoms with E-state index in [1.54, 1.807) is 23.1 Å². The number of aryl methyl sites for hydroxylation is 1. The highest BCUT2D eigenvalue weighted by molar-refractivity contribution is 8.00. The van der Waals surface area contributed by atoms with Crippen LogP contribution in [0.4, 0.5) is 0 Å². The van der Waals surface area contributed by atoms with Gasteiger partial charge in [0.2, 0.25) is 0 Å². The molecule has 0 aliphatic carbocycles. The van der Waals surface area contributed by atoms with E-state index in [0.29, 0.717) is 0 Å². The van der Waals surface area contributed by atoms with Crippen LogP contribution in [-0.2, 0) is 0 Å². The molecule has 1 aromatic heterocycles. The quantitative estimate of drug-likeness (QED) is 0.644. The molecule has 0 amide bonds. The van der Waals surface area contributed by atoms with Crippen LogP contribution in [0.15, 0.2) is 22.4 Å². The summed E-state index contributed by atoms with van der Waals surface area (Å²) in [5, 5.41) is 2.14. The first-order valence-electron chi connectivity index (χ1n) is 3.95. The lowest BCUT2D eigenvalue weighted by Gasteiger charge is -1.95. The number of halogens is 1. The van der Waals surface area contributed by atoms with Crippen LogP contribution in [0, 0.1) is 6.92 Å². The molecule has 0 saturated heterocycles. The number of hydrogen-bond acceptors (Lipinski definition) is 2. The lowest BCUT2D eigenvalue weighted by atomic mass is 10.2. The molecule has 13 heavy (non-hydrogen) atoms. The maximum atomic E-state index is 6.25. The van der Waals surface area contributed by atoms with Crippen molar-refractivity contribution in [2.45, 2.75) is 11.1 Å². The van der Waals surface area contributed by atoms with E-state index in [9.17, 15) is 0 Å². The van der Waals surface area contributed by atoms with Crippen molar-refractivity contribution in [3.05, 3.63) is 28.8 Å². The topological polar surface area (TPSA) is 0 Å². The first-order valence-corrected chi connectivity index (χ1v) is 6.37. The molecule has 1 heterocycles. The minimum absolute atomic E-state index is 0.922. The lowest BCUT2D eigenvalue weighted by molar-refractivity contribution is 1.54. The van der Waals surface area contributed by atoms with E-state index in [0.717, 1.165) is 5.02 Å². The summed E-state index contributed by atoms with van der Waals surface area (Å²) in [6.45, 7) is 2.10. The third-order valence-electron chi connectivity index (χ3n) is 2.02. The molecule has 2 rings (SSSR count). The molecule has 0 fully saturated rings. The normalized spacial score (nSPS) is 11.0. The smallest absolute Gasteiger partial charge is 0.0795 e. The Morgan fingerprint density at radius 1 is 1.38 bits per heavy atom. The average Bonchev–Trinajstić information content (AvgIpc) is 2.44. The minimum atomic E-state index is 0.922. The minimum Gasteiger partial charge on any atom is -0.127 e. The SMILES string of the molecule is CSc1sc2cccc(C)c2c1Cl. The van der Waals surface area contributed by atoms with Crippen LogP contribution in [0.25, 0.3) is 10.1 Å². The second-order valence-corrected chi connectivity index (χ2v) is 5.36. The van der Waals surface area contributed by atoms with Gasteiger partial charge in [-0.2, -0.15) is 0 Å². The fourth-order valence-corrected chi connectivity index (χ4v) is 3.83. The van der Waals surface area contributed by atoms with Crippen molar-refractivity contribution in [1.29, 1.82) is 0 Å². The number of benzene rings is 1. The Balaban J connectivity index is 2.85. The van der Waals surface area contributed by atoms with Crippen LogP contribution in [0.5, 0.6) is 0 Å². The molecule has 0 bridgehead atoms. The van der Waals surface area contributed by atoms with Gasteiger partial charge in [0.25, 0.3) is 0 Å². The molecule has 0 radical (unpaired) electrons. The van der Waals surface area contributed by atoms with Gasteiger partial charge in [0.1, 0.15) is 0 Å². The molecule has 0 aliphatic rings. The van der Waals surface area contributed by atoms with Gasteiger partial charge < -0.3 is 0 Å². The van der Waals surface area contributed by atoms with Crippen LogP contribution < -0.4 is 0 Å². The van der Waals surface area contributed by atoms with Crippen molar-refractivity contribution in [3.63, 3.8) is 0 Å². The Bertz CT molecular complexity index is 445. The van der Waals surface area contributed by atoms with Crippen LogP contribution in [0.2, 0.25) is 5.02 Å². The predicted octanol–water partition coefficient (Wildman–Crippen LogP) is 4.59. The Kier molecular flexibility index (Phi) is 2.54. The summed E-state index contributed by atoms with van der Waals surface area (Å²) < 4.78 is 2.50. The number of rotatable bonds is 1. The van der Waals surface area contributed by atoms with E-state index in [1.165, 1.54) is 19.9 Å². The van der Waals surface area contributed by atoms with E-state index >= 15 is 0 Å². The second-order valence-electron chi connectivity index (χ2n) is 2.86. The molecule has 68 valence electrons. The summed E-state index contributed by atoms with van der Waals surface area (Å²) in [6.07, 6.45) is 2.06. The summed E-state index contributed by atoms with van der Waals surface area (Å²) in [7, 11) is 0. The van der Waals surface area contributed by atoms with Crippen molar-refractivity contribution in [3.8, 4) is 0 Å². The van der Waals surface area contributed by atoms with Crippen molar-refractivity contribution in [1.82, 2.24) is 0 Å². The summed E-state index contributed by atoms with van der Waals surface area (Å²) >= 11 is 9.74. The van der Waals surface area contributed by atoms with E-state index in [1.807, 2.05) is 0 Å². The van der Waals surface area contributed by atoms with Gasteiger partial charge in [-0.05, 0) is 24.8 Å². The Morgan fingerprint density at radius 2 is 2.15 bits per heavy atom. The standard InChI is InChI=1S/C10H9ClS2/c1-6-4-3-5-7-8(6)9(11)10(12-2)13-7/h3-5H,1-2H3. The predicted molar refractivity (Wildman–Crippen MR) is 63.4 cm³/mol. The highest BCUT2D eigenvalue weighted by Crippen LogP contribution is 2.41. The number of fused-ring (bicyclic) bond motifs is 1. The lowest BCUT2D eigenvalue weighted by Crippen LogP contribution is -1.71. The fourth-order valence-electron chi connectivity index (χ4n) is 1.39. The van der Waals surface area contributed by atoms with Crippen molar-refractivity contribution < 1.29 is 0 Å². The third kappa shape index (κ3) is 1.47. The van der Waals surface area contributed by atoms with Crippen LogP contribution in [-0.4, -0.2) is 6.26 Å². The first kappa shape index (κ1) is 9.38. The van der Waals surface area contributed by atoms with Crippen molar-refractivity contribution in [2.24, 2.45) is 0 Å². The summed E-state index contributed by atoms with van der Waals surface area (Å²) in [5.41, 5.74) is 1.26. The summed E-state index contributed by atoms with van der Waals surface area (Å²) in [6, 6.07) is 6.30. The molecule has 0 spiro atoms. The molecular formula is C10H9ClS2. The zero-order valence-corrected chi connectivity index (χ0v) is 9.82. The maximum Gasteiger partial charge on any atom is 0.0795 e. The van der Waals surface area contributed by atoms with Gasteiger partial charge in [-0.1, -0.05) is 23.7 Å². The largest absolute Gasteiger partial charge is 0.127 e. The number of thiophene rings is 1. The van der Waals surface area contributed by atoms with Gasteiger partial charge in [-0.15, -0.1) is 23.1 Å². The molecule has 0 unspecified atom stereocenters. The molecule has 0 aliphatic heterocycles. The van der Waals surface area contributed by atoms with Crippen LogP contribution in [0.3, 0.4) is 0 Å². The molecule has 0 atom stereocenters. The Morgan fingerprint density at radius 3 is 2.77 bits per heavy atom. The third-order valence-corrected chi connectivity index (χ3v) is 4.90. The van der Waals surface area contributed by atoms with Gasteiger partial charge in [0.15, 0.2) is 0 Å². The van der Waals surface area contributed by atoms with Crippen molar-refractivity contribution in [2.75, 3.05) is 6.26 Å². The molecular weight excluding hydrogens is 220 g/mol. The zero-order chi connectivity index (χ0) is 9.42. The Hall–Kier alpha value is -0.180. The highest BCUT2D eigenvalue weighted by Gasteiger charge is 2.10.